The van der Waals surface area contributed by atoms with Crippen LogP contribution in [0.5, 0.6) is 11.5 Å². The molecule has 7 aromatic carbocycles. The number of carbonyl (C=O) groups excluding carboxylic acids is 10. The van der Waals surface area contributed by atoms with Gasteiger partial charge in [0.1, 0.15) is 70.5 Å². The van der Waals surface area contributed by atoms with Crippen molar-refractivity contribution in [1.29, 1.82) is 0 Å². The van der Waals surface area contributed by atoms with Crippen LogP contribution >= 0.6 is 45.9 Å². The van der Waals surface area contributed by atoms with E-state index in [4.69, 9.17) is 42.7 Å². The van der Waals surface area contributed by atoms with E-state index in [1.54, 1.807) is 59.1 Å². The molecule has 6 aliphatic rings. The number of azo groups is 2. The minimum atomic E-state index is -0.732. The Morgan fingerprint density at radius 3 is 1.37 bits per heavy atom. The van der Waals surface area contributed by atoms with Gasteiger partial charge in [0.15, 0.2) is 23.2 Å². The second-order valence-electron chi connectivity index (χ2n) is 35.3. The van der Waals surface area contributed by atoms with Gasteiger partial charge in [-0.05, 0) is 193 Å². The summed E-state index contributed by atoms with van der Waals surface area (Å²) in [4.78, 5) is 144. The Morgan fingerprint density at radius 2 is 0.926 bits per heavy atom. The predicted molar refractivity (Wildman–Crippen MR) is 516 cm³/mol. The van der Waals surface area contributed by atoms with Crippen LogP contribution in [0.25, 0.3) is 20.8 Å². The number of Topliss-reactive ketones (excluding diaryl/α,β-unsaturated/α-hetero) is 2. The number of benzene rings is 7. The molecule has 6 aliphatic heterocycles. The van der Waals surface area contributed by atoms with Crippen LogP contribution in [0.1, 0.15) is 256 Å². The zero-order valence-corrected chi connectivity index (χ0v) is 80.1. The highest BCUT2D eigenvalue weighted by molar-refractivity contribution is 7.15. The summed E-state index contributed by atoms with van der Waals surface area (Å²) in [6.45, 7) is 23.5. The maximum atomic E-state index is 13.5. The third kappa shape index (κ3) is 20.5. The molecule has 4 N–H and O–H groups in total. The number of unbranched alkanes of at least 4 members (excludes halogenated alkanes) is 4. The van der Waals surface area contributed by atoms with Crippen LogP contribution < -0.4 is 30.7 Å². The van der Waals surface area contributed by atoms with E-state index in [0.29, 0.717) is 130 Å². The highest BCUT2D eigenvalue weighted by atomic mass is 35.5. The second kappa shape index (κ2) is 41.3. The van der Waals surface area contributed by atoms with Crippen molar-refractivity contribution in [3.63, 3.8) is 0 Å². The number of piperidine rings is 2. The van der Waals surface area contributed by atoms with Crippen molar-refractivity contribution in [3.05, 3.63) is 243 Å². The molecule has 0 saturated carbocycles. The maximum absolute atomic E-state index is 13.5. The Kier molecular flexibility index (Phi) is 29.0. The fourth-order valence-corrected chi connectivity index (χ4v) is 20.6. The number of hydrogen-bond acceptors (Lipinski definition) is 24. The summed E-state index contributed by atoms with van der Waals surface area (Å²) in [5.74, 6) is 1.56. The summed E-state index contributed by atoms with van der Waals surface area (Å²) in [7, 11) is 0. The average molecular weight is 1900 g/mol. The molecule has 10 heterocycles. The SMILES string of the molecule is Cc1cc(N=Nc2cccc3c2CN(C2CCC(=O)NC2=O)C3=O)c2ccccc2c1OCC(=O)CCCCCNC(=O)CC1N=C(c2ccc(Cl)cc2)c2c(sc(C)c2C)-n2c(C)nnc21.Cc1sc2c(c1C)C(c1ccc(Cl)cc1)=NC(CC(=O)NCCCCCC(=O)COc1c(C(C)C)cc(N=Nc3cccc4c3CN(C3CCC(=O)NC3=O)C4=O)cc1C(C)C)c1nnc(C)n1-2. The number of aryl methyl sites for hydroxylation is 5. The fraction of sp³-hybridized carbons (Fsp3) is 0.366. The standard InChI is InChI=1S/C51H56ClN9O6S.C50H48ClN9O6S/c1-27(2)37-22-34(57-58-40-14-11-13-36-39(40)25-60(50(36)66)42-19-20-43(63)55-49(42)65)23-38(28(3)4)47(37)67-26-35(62)12-9-8-10-21-53-44(64)24-41-48-59-56-31(7)61(48)51-45(29(5)30(6)68-51)46(54-41)32-15-17-33(52)18-16-32;1-27-23-39(57-56-38-15-10-14-36-37(38)25-59(49(36)65)41-20-21-42(62)54-48(41)64)34-12-7-8-13-35(34)46(27)66-26-33(61)11-6-5-9-22-52-43(63)24-40-47-58-55-30(4)60(47)50-44(28(2)29(3)67-50)45(53-40)31-16-18-32(51)19-17-31/h11,13-18,22-23,27-28,41-42H,8-10,12,19-21,24-26H2,1-7H3,(H,53,64)(H,55,63,65);7-8,10,12-19,23,40-41H,5-6,9,11,20-22,24-26H2,1-4H3,(H,52,63)(H,54,62,64). The van der Waals surface area contributed by atoms with Gasteiger partial charge in [0, 0.05) is 127 Å². The zero-order chi connectivity index (χ0) is 95.3. The Morgan fingerprint density at radius 1 is 0.496 bits per heavy atom. The molecule has 11 aromatic rings. The van der Waals surface area contributed by atoms with E-state index < -0.39 is 36.0 Å². The molecule has 0 bridgehead atoms. The molecule has 2 fully saturated rings. The van der Waals surface area contributed by atoms with E-state index in [9.17, 15) is 47.9 Å². The Labute approximate surface area is 798 Å². The summed E-state index contributed by atoms with van der Waals surface area (Å²) in [5, 5.41) is 51.8. The molecule has 4 atom stereocenters. The van der Waals surface area contributed by atoms with Crippen molar-refractivity contribution in [2.45, 2.75) is 215 Å². The largest absolute Gasteiger partial charge is 0.485 e. The van der Waals surface area contributed by atoms with Crippen LogP contribution in [0.2, 0.25) is 10.0 Å². The first-order valence-electron chi connectivity index (χ1n) is 45.6. The van der Waals surface area contributed by atoms with E-state index in [2.05, 4.69) is 118 Å². The number of hydrogen-bond donors (Lipinski definition) is 4. The molecular formula is C101H104Cl2N18O12S2. The third-order valence-corrected chi connectivity index (χ3v) is 28.2. The van der Waals surface area contributed by atoms with E-state index >= 15 is 0 Å². The van der Waals surface area contributed by atoms with Crippen molar-refractivity contribution >= 4 is 150 Å². The van der Waals surface area contributed by atoms with Gasteiger partial charge in [0.05, 0.1) is 47.0 Å². The van der Waals surface area contributed by atoms with Crippen molar-refractivity contribution in [2.75, 3.05) is 26.3 Å². The fourth-order valence-electron chi connectivity index (χ4n) is 17.9. The Hall–Kier alpha value is -13.3. The quantitative estimate of drug-likeness (QED) is 0.0173. The number of thiophene rings is 2. The number of fused-ring (bicyclic) bond motifs is 9. The summed E-state index contributed by atoms with van der Waals surface area (Å²) in [6.07, 6.45) is 5.99. The minimum Gasteiger partial charge on any atom is -0.485 e. The summed E-state index contributed by atoms with van der Waals surface area (Å²) < 4.78 is 16.5. The molecule has 696 valence electrons. The molecule has 30 nitrogen and oxygen atoms in total. The van der Waals surface area contributed by atoms with E-state index in [-0.39, 0.29) is 124 Å². The number of nitrogens with zero attached hydrogens (tertiary/aromatic N) is 14. The summed E-state index contributed by atoms with van der Waals surface area (Å²) >= 11 is 15.8. The molecular weight excluding hydrogens is 1790 g/mol. The molecule has 2 saturated heterocycles. The minimum absolute atomic E-state index is 0.0119. The van der Waals surface area contributed by atoms with Crippen LogP contribution in [0, 0.1) is 48.5 Å². The number of aliphatic imine (C=N–C) groups is 2. The third-order valence-electron chi connectivity index (χ3n) is 25.3. The molecule has 0 spiro atoms. The lowest BCUT2D eigenvalue weighted by Gasteiger charge is -2.29. The normalized spacial score (nSPS) is 16.7. The van der Waals surface area contributed by atoms with Crippen LogP contribution in [0.3, 0.4) is 0 Å². The number of ketones is 2. The van der Waals surface area contributed by atoms with Gasteiger partial charge < -0.3 is 29.9 Å². The molecule has 4 unspecified atom stereocenters. The Bertz CT molecular complexity index is 6670. The van der Waals surface area contributed by atoms with Gasteiger partial charge in [-0.3, -0.25) is 77.7 Å². The molecule has 0 aliphatic carbocycles. The van der Waals surface area contributed by atoms with Crippen LogP contribution in [0.15, 0.2) is 158 Å². The van der Waals surface area contributed by atoms with Gasteiger partial charge in [-0.2, -0.15) is 15.3 Å². The van der Waals surface area contributed by atoms with Crippen molar-refractivity contribution in [2.24, 2.45) is 30.4 Å². The first-order chi connectivity index (χ1) is 64.9. The molecule has 0 radical (unpaired) electrons. The second-order valence-corrected chi connectivity index (χ2v) is 38.6. The predicted octanol–water partition coefficient (Wildman–Crippen LogP) is 19.1. The van der Waals surface area contributed by atoms with Gasteiger partial charge in [-0.25, -0.2) is 0 Å². The van der Waals surface area contributed by atoms with Gasteiger partial charge in [-0.1, -0.05) is 124 Å². The van der Waals surface area contributed by atoms with Crippen molar-refractivity contribution < 1.29 is 57.4 Å². The first kappa shape index (κ1) is 94.9. The highest BCUT2D eigenvalue weighted by Crippen LogP contribution is 2.46. The lowest BCUT2D eigenvalue weighted by molar-refractivity contribution is -0.138. The number of aromatic nitrogens is 6. The number of carbonyl (C=O) groups is 10. The summed E-state index contributed by atoms with van der Waals surface area (Å²) in [5.41, 5.74) is 14.7. The van der Waals surface area contributed by atoms with Crippen LogP contribution in [-0.4, -0.2) is 148 Å². The number of halogens is 2. The van der Waals surface area contributed by atoms with Crippen LogP contribution in [0.4, 0.5) is 22.7 Å². The number of rotatable bonds is 32. The van der Waals surface area contributed by atoms with Crippen LogP contribution in [-0.2, 0) is 51.4 Å². The van der Waals surface area contributed by atoms with Gasteiger partial charge in [-0.15, -0.1) is 48.2 Å². The van der Waals surface area contributed by atoms with Gasteiger partial charge in [0.25, 0.3) is 11.8 Å². The topological polar surface area (TPSA) is 379 Å². The van der Waals surface area contributed by atoms with E-state index in [0.717, 1.165) is 107 Å². The van der Waals surface area contributed by atoms with E-state index in [1.807, 2.05) is 121 Å². The molecule has 135 heavy (non-hydrogen) atoms. The van der Waals surface area contributed by atoms with E-state index in [1.165, 1.54) is 19.6 Å². The average Bonchev–Trinajstić information content (AvgIpc) is 1.59. The molecule has 17 rings (SSSR count). The zero-order valence-electron chi connectivity index (χ0n) is 77.0. The maximum Gasteiger partial charge on any atom is 0.255 e. The monoisotopic (exact) mass is 1890 g/mol. The molecule has 8 amide bonds. The lowest BCUT2D eigenvalue weighted by Crippen LogP contribution is -2.52. The summed E-state index contributed by atoms with van der Waals surface area (Å²) in [6, 6.07) is 36.4. The number of amides is 8. The Balaban J connectivity index is 0.000000196. The lowest BCUT2D eigenvalue weighted by atomic mass is 9.93. The smallest absolute Gasteiger partial charge is 0.255 e. The number of ether oxygens (including phenoxy) is 2. The number of imide groups is 2. The highest BCUT2D eigenvalue weighted by Gasteiger charge is 2.43. The number of nitrogens with one attached hydrogen (secondary N) is 4. The van der Waals surface area contributed by atoms with Gasteiger partial charge in [0.2, 0.25) is 35.4 Å². The van der Waals surface area contributed by atoms with Crippen molar-refractivity contribution in [1.82, 2.24) is 60.6 Å². The first-order valence-corrected chi connectivity index (χ1v) is 48.0. The molecule has 34 heteroatoms. The molecule has 4 aromatic heterocycles. The van der Waals surface area contributed by atoms with Crippen molar-refractivity contribution in [3.8, 4) is 21.5 Å². The van der Waals surface area contributed by atoms with Gasteiger partial charge >= 0.3 is 0 Å².